The fraction of sp³-hybridized carbons (Fsp3) is 0.341. The van der Waals surface area contributed by atoms with Gasteiger partial charge in [-0.1, -0.05) is 39.4 Å². The number of benzene rings is 4. The Labute approximate surface area is 383 Å². The molecule has 0 saturated heterocycles. The molecule has 0 aliphatic carbocycles. The molecule has 4 aromatic rings. The van der Waals surface area contributed by atoms with Gasteiger partial charge in [0, 0.05) is 41.2 Å². The van der Waals surface area contributed by atoms with Gasteiger partial charge in [-0.15, -0.1) is 10.2 Å². The predicted octanol–water partition coefficient (Wildman–Crippen LogP) is 9.68. The van der Waals surface area contributed by atoms with Crippen LogP contribution in [0.2, 0.25) is 0 Å². The van der Waals surface area contributed by atoms with Crippen molar-refractivity contribution < 1.29 is 45.7 Å². The molecule has 0 spiro atoms. The van der Waals surface area contributed by atoms with Gasteiger partial charge in [0.25, 0.3) is 0 Å². The number of aryl methyl sites for hydroxylation is 1. The molecule has 0 N–H and O–H groups in total. The predicted molar refractivity (Wildman–Crippen MR) is 260 cm³/mol. The van der Waals surface area contributed by atoms with Gasteiger partial charge in [0.1, 0.15) is 24.1 Å². The van der Waals surface area contributed by atoms with Crippen LogP contribution in [0.1, 0.15) is 27.8 Å². The maximum absolute atomic E-state index is 12.4. The summed E-state index contributed by atoms with van der Waals surface area (Å²) in [6.45, 7) is 2.73. The van der Waals surface area contributed by atoms with Crippen LogP contribution in [0, 0.1) is 6.92 Å². The Morgan fingerprint density at radius 1 is 0.603 bits per heavy atom. The normalized spacial score (nSPS) is 12.3. The average Bonchev–Trinajstić information content (AvgIpc) is 3.31. The van der Waals surface area contributed by atoms with Crippen LogP contribution in [0.3, 0.4) is 0 Å². The molecule has 0 fully saturated rings. The molecule has 0 aliphatic heterocycles. The fourth-order valence-corrected chi connectivity index (χ4v) is 8.78. The van der Waals surface area contributed by atoms with Gasteiger partial charge >= 0.3 is 29.3 Å². The summed E-state index contributed by atoms with van der Waals surface area (Å²) >= 11 is 10.6. The van der Waals surface area contributed by atoms with E-state index in [2.05, 4.69) is 15.2 Å². The lowest BCUT2D eigenvalue weighted by Crippen LogP contribution is -2.29. The summed E-state index contributed by atoms with van der Waals surface area (Å²) in [5, 5.41) is 8.66. The van der Waals surface area contributed by atoms with E-state index < -0.39 is 29.3 Å². The molecule has 63 heavy (non-hydrogen) atoms. The van der Waals surface area contributed by atoms with Gasteiger partial charge in [-0.3, -0.25) is 23.5 Å². The smallest absolute Gasteiger partial charge is 0.497 e. The molecule has 2 unspecified atom stereocenters. The van der Waals surface area contributed by atoms with E-state index in [0.717, 1.165) is 28.0 Å². The summed E-state index contributed by atoms with van der Waals surface area (Å²) in [6, 6.07) is 30.8. The highest BCUT2D eigenvalue weighted by molar-refractivity contribution is 8.02. The van der Waals surface area contributed by atoms with Gasteiger partial charge in [0.2, 0.25) is 23.6 Å². The molecule has 0 amide bonds. The lowest BCUT2D eigenvalue weighted by Gasteiger charge is -2.27. The second-order valence-electron chi connectivity index (χ2n) is 13.1. The Balaban J connectivity index is 0.000000378. The van der Waals surface area contributed by atoms with Gasteiger partial charge < -0.3 is 27.6 Å². The molecule has 2 atom stereocenters. The molecule has 4 rings (SSSR count). The molecule has 0 heterocycles. The maximum atomic E-state index is 12.4. The Morgan fingerprint density at radius 3 is 1.51 bits per heavy atom. The molecule has 0 bridgehead atoms. The van der Waals surface area contributed by atoms with E-state index >= 15 is 0 Å². The van der Waals surface area contributed by atoms with E-state index in [1.807, 2.05) is 104 Å². The summed E-state index contributed by atoms with van der Waals surface area (Å²) in [4.78, 5) is 6.06. The van der Waals surface area contributed by atoms with Gasteiger partial charge in [0.15, 0.2) is 12.5 Å². The third-order valence-corrected chi connectivity index (χ3v) is 16.3. The Morgan fingerprint density at radius 2 is 1.05 bits per heavy atom. The molecule has 22 heteroatoms. The van der Waals surface area contributed by atoms with Crippen molar-refractivity contribution in [3.05, 3.63) is 125 Å². The van der Waals surface area contributed by atoms with Crippen LogP contribution in [0.4, 0.5) is 0 Å². The first-order valence-corrected chi connectivity index (χ1v) is 27.0. The van der Waals surface area contributed by atoms with Gasteiger partial charge in [-0.05, 0) is 108 Å². The zero-order chi connectivity index (χ0) is 46.3. The first kappa shape index (κ1) is 53.5. The molecule has 0 aromatic heterocycles. The average molecular weight is 981 g/mol. The lowest BCUT2D eigenvalue weighted by atomic mass is 10.1. The summed E-state index contributed by atoms with van der Waals surface area (Å²) in [5.41, 5.74) is 5.09. The number of hydrazone groups is 2. The van der Waals surface area contributed by atoms with Crippen LogP contribution >= 0.6 is 29.3 Å². The van der Waals surface area contributed by atoms with E-state index in [1.165, 1.54) is 34.0 Å². The van der Waals surface area contributed by atoms with E-state index in [-0.39, 0.29) is 19.3 Å². The van der Waals surface area contributed by atoms with Crippen molar-refractivity contribution in [3.63, 3.8) is 0 Å². The highest BCUT2D eigenvalue weighted by Crippen LogP contribution is 2.51. The molecular weight excluding hydrogens is 925 g/mol. The first-order valence-electron chi connectivity index (χ1n) is 19.0. The minimum atomic E-state index is -3.28. The van der Waals surface area contributed by atoms with E-state index in [1.54, 1.807) is 61.4 Å². The van der Waals surface area contributed by atoms with Gasteiger partial charge in [-0.25, -0.2) is 0 Å². The third kappa shape index (κ3) is 19.8. The number of methoxy groups -OCH3 is 1. The summed E-state index contributed by atoms with van der Waals surface area (Å²) in [7, 11) is 3.04. The highest BCUT2D eigenvalue weighted by atomic mass is 32.4. The standard InChI is InChI=1S/C26H29N5O4P2S2.C15H27NO6P2/c1-30(36(38)33-4)28-18-23-7-13-25(14-8-23)34-20-27-17-21-9-15-26(16-10-21)35-37(39)31(2)29-19-22-5-11-24(32-3)12-6-22;1-14-6-8-15(9-7-14)10-11-16(12-23(17,19-2)20-3)13-24(18,21-4)22-5/h5-19H,20H2,1-4H3;6-9H,10-13H2,1-5H3/q+2;/b27-17?,28-18+,29-19+;. The molecule has 340 valence electrons. The second kappa shape index (κ2) is 28.1. The van der Waals surface area contributed by atoms with Crippen LogP contribution in [-0.2, 0) is 61.8 Å². The Hall–Kier alpha value is -3.85. The summed E-state index contributed by atoms with van der Waals surface area (Å²) < 4.78 is 69.9. The largest absolute Gasteiger partial charge is 0.540 e. The lowest BCUT2D eigenvalue weighted by molar-refractivity contribution is 0.224. The topological polar surface area (TPSA) is 155 Å². The van der Waals surface area contributed by atoms with E-state index in [4.69, 9.17) is 60.2 Å². The first-order chi connectivity index (χ1) is 30.2. The number of ether oxygens (including phenoxy) is 2. The molecule has 0 aliphatic rings. The van der Waals surface area contributed by atoms with Crippen molar-refractivity contribution in [3.8, 4) is 17.2 Å². The van der Waals surface area contributed by atoms with Crippen molar-refractivity contribution in [2.24, 2.45) is 15.2 Å². The summed E-state index contributed by atoms with van der Waals surface area (Å²) in [6.07, 6.45) is 5.89. The zero-order valence-electron chi connectivity index (χ0n) is 36.9. The molecule has 16 nitrogen and oxygen atoms in total. The van der Waals surface area contributed by atoms with Gasteiger partial charge in [0.05, 0.1) is 40.7 Å². The third-order valence-electron chi connectivity index (χ3n) is 8.68. The monoisotopic (exact) mass is 980 g/mol. The van der Waals surface area contributed by atoms with Crippen LogP contribution in [-0.4, -0.2) is 116 Å². The summed E-state index contributed by atoms with van der Waals surface area (Å²) in [5.74, 6) is 2.17. The van der Waals surface area contributed by atoms with E-state index in [0.29, 0.717) is 24.5 Å². The van der Waals surface area contributed by atoms with Crippen molar-refractivity contribution in [2.45, 2.75) is 13.3 Å². The van der Waals surface area contributed by atoms with Gasteiger partial charge in [-0.2, -0.15) is 4.52 Å². The van der Waals surface area contributed by atoms with E-state index in [9.17, 15) is 9.13 Å². The number of aliphatic imine (C=N–C) groups is 1. The number of rotatable bonds is 25. The zero-order valence-corrected chi connectivity index (χ0v) is 42.1. The maximum Gasteiger partial charge on any atom is 0.540 e. The minimum absolute atomic E-state index is 0.00255. The van der Waals surface area contributed by atoms with Crippen molar-refractivity contribution >= 4 is 71.6 Å². The number of hydrogen-bond donors (Lipinski definition) is 0. The Kier molecular flexibility index (Phi) is 23.9. The molecule has 0 radical (unpaired) electrons. The highest BCUT2D eigenvalue weighted by Gasteiger charge is 2.31. The molecule has 4 aromatic carbocycles. The second-order valence-corrected chi connectivity index (χ2v) is 22.1. The molecular formula is C41H56N6O10P4S2+2. The van der Waals surface area contributed by atoms with Crippen LogP contribution < -0.4 is 14.0 Å². The fourth-order valence-electron chi connectivity index (χ4n) is 4.96. The van der Waals surface area contributed by atoms with Crippen LogP contribution in [0.25, 0.3) is 0 Å². The SMILES string of the molecule is COP(=O)(CN(CCc1ccc(C)cc1)CP(=O)(OC)OC)OC.COc1ccc(/C=N/N(C)[P+](=S)Oc2ccc(C=NCOc3ccc(/C=N/N(C)[P+](=S)OC)cc3)cc2)cc1. The van der Waals surface area contributed by atoms with Crippen molar-refractivity contribution in [2.75, 3.05) is 82.6 Å². The van der Waals surface area contributed by atoms with Crippen LogP contribution in [0.5, 0.6) is 17.2 Å². The number of nitrogens with zero attached hydrogens (tertiary/aromatic N) is 6. The van der Waals surface area contributed by atoms with Crippen molar-refractivity contribution in [1.82, 2.24) is 14.5 Å². The molecule has 0 saturated carbocycles. The Bertz CT molecular complexity index is 2160. The van der Waals surface area contributed by atoms with Crippen LogP contribution in [0.15, 0.2) is 112 Å². The minimum Gasteiger partial charge on any atom is -0.497 e. The van der Waals surface area contributed by atoms with Crippen molar-refractivity contribution in [1.29, 1.82) is 0 Å². The number of hydrogen-bond acceptors (Lipinski definition) is 16. The quantitative estimate of drug-likeness (QED) is 0.0351.